The van der Waals surface area contributed by atoms with E-state index in [4.69, 9.17) is 5.73 Å². The third-order valence-electron chi connectivity index (χ3n) is 2.78. The monoisotopic (exact) mass is 286 g/mol. The van der Waals surface area contributed by atoms with Crippen molar-refractivity contribution in [3.8, 4) is 10.4 Å². The normalized spacial score (nSPS) is 10.8. The van der Waals surface area contributed by atoms with Crippen molar-refractivity contribution in [2.24, 2.45) is 5.73 Å². The van der Waals surface area contributed by atoms with Crippen molar-refractivity contribution >= 4 is 27.5 Å². The molecular formula is C13H10N4O2S. The van der Waals surface area contributed by atoms with Crippen LogP contribution in [0.1, 0.15) is 0 Å². The molecule has 0 saturated heterocycles. The van der Waals surface area contributed by atoms with Crippen LogP contribution in [0.15, 0.2) is 41.2 Å². The average Bonchev–Trinajstić information content (AvgIpc) is 2.87. The molecule has 0 fully saturated rings. The van der Waals surface area contributed by atoms with Gasteiger partial charge in [-0.3, -0.25) is 9.59 Å². The van der Waals surface area contributed by atoms with Crippen LogP contribution in [0.2, 0.25) is 0 Å². The van der Waals surface area contributed by atoms with Gasteiger partial charge in [-0.25, -0.2) is 4.68 Å². The predicted octanol–water partition coefficient (Wildman–Crippen LogP) is 1.01. The van der Waals surface area contributed by atoms with Crippen molar-refractivity contribution in [2.75, 3.05) is 0 Å². The number of nitrogens with two attached hydrogens (primary N) is 1. The summed E-state index contributed by atoms with van der Waals surface area (Å²) in [5.41, 5.74) is 5.73. The Kier molecular flexibility index (Phi) is 3.03. The molecule has 2 aromatic heterocycles. The van der Waals surface area contributed by atoms with Crippen molar-refractivity contribution < 1.29 is 4.79 Å². The van der Waals surface area contributed by atoms with Gasteiger partial charge in [-0.2, -0.15) is 0 Å². The number of hydrogen-bond donors (Lipinski definition) is 1. The third kappa shape index (κ3) is 2.19. The number of hydrogen-bond acceptors (Lipinski definition) is 5. The van der Waals surface area contributed by atoms with E-state index in [0.717, 1.165) is 15.1 Å². The number of fused-ring (bicyclic) bond motifs is 1. The molecule has 100 valence electrons. The highest BCUT2D eigenvalue weighted by Crippen LogP contribution is 2.30. The van der Waals surface area contributed by atoms with Crippen molar-refractivity contribution in [3.63, 3.8) is 0 Å². The third-order valence-corrected chi connectivity index (χ3v) is 3.85. The van der Waals surface area contributed by atoms with E-state index in [1.165, 1.54) is 11.3 Å². The predicted molar refractivity (Wildman–Crippen MR) is 76.3 cm³/mol. The Morgan fingerprint density at radius 2 is 2.05 bits per heavy atom. The van der Waals surface area contributed by atoms with Crippen LogP contribution in [0.5, 0.6) is 0 Å². The lowest BCUT2D eigenvalue weighted by atomic mass is 10.2. The van der Waals surface area contributed by atoms with Crippen LogP contribution in [0.3, 0.4) is 0 Å². The van der Waals surface area contributed by atoms with Gasteiger partial charge in [0.15, 0.2) is 4.83 Å². The Morgan fingerprint density at radius 3 is 2.75 bits per heavy atom. The first-order valence-electron chi connectivity index (χ1n) is 5.86. The van der Waals surface area contributed by atoms with Crippen LogP contribution >= 0.6 is 11.3 Å². The van der Waals surface area contributed by atoms with Gasteiger partial charge in [-0.05, 0) is 11.6 Å². The molecule has 0 bridgehead atoms. The molecule has 7 heteroatoms. The molecule has 2 N–H and O–H groups in total. The van der Waals surface area contributed by atoms with E-state index in [0.29, 0.717) is 10.2 Å². The maximum atomic E-state index is 12.2. The van der Waals surface area contributed by atoms with E-state index in [2.05, 4.69) is 10.3 Å². The minimum absolute atomic E-state index is 0.266. The van der Waals surface area contributed by atoms with Crippen molar-refractivity contribution in [2.45, 2.75) is 6.54 Å². The standard InChI is InChI=1S/C13H10N4O2S/c14-11(18)7-17-13(19)9-6-10(20-12(9)15-16-17)8-4-2-1-3-5-8/h1-6H,7H2,(H2,14,18). The first-order chi connectivity index (χ1) is 9.65. The quantitative estimate of drug-likeness (QED) is 0.777. The molecule has 2 heterocycles. The van der Waals surface area contributed by atoms with E-state index in [1.807, 2.05) is 30.3 Å². The van der Waals surface area contributed by atoms with E-state index < -0.39 is 5.91 Å². The number of carbonyl (C=O) groups is 1. The molecule has 3 aromatic rings. The Morgan fingerprint density at radius 1 is 1.30 bits per heavy atom. The summed E-state index contributed by atoms with van der Waals surface area (Å²) in [5, 5.41) is 8.13. The fraction of sp³-hybridized carbons (Fsp3) is 0.0769. The largest absolute Gasteiger partial charge is 0.368 e. The van der Waals surface area contributed by atoms with Gasteiger partial charge >= 0.3 is 0 Å². The number of aromatic nitrogens is 3. The number of rotatable bonds is 3. The second-order valence-corrected chi connectivity index (χ2v) is 5.24. The van der Waals surface area contributed by atoms with Crippen molar-refractivity contribution in [3.05, 3.63) is 46.8 Å². The zero-order valence-corrected chi connectivity index (χ0v) is 11.1. The summed E-state index contributed by atoms with van der Waals surface area (Å²) in [6.07, 6.45) is 0. The molecule has 3 rings (SSSR count). The molecule has 0 aliphatic heterocycles. The highest BCUT2D eigenvalue weighted by molar-refractivity contribution is 7.21. The topological polar surface area (TPSA) is 90.9 Å². The van der Waals surface area contributed by atoms with E-state index in [-0.39, 0.29) is 12.1 Å². The van der Waals surface area contributed by atoms with Gasteiger partial charge in [0.1, 0.15) is 6.54 Å². The highest BCUT2D eigenvalue weighted by atomic mass is 32.1. The number of primary amides is 1. The molecule has 6 nitrogen and oxygen atoms in total. The highest BCUT2D eigenvalue weighted by Gasteiger charge is 2.12. The maximum absolute atomic E-state index is 12.2. The van der Waals surface area contributed by atoms with Crippen LogP contribution in [0, 0.1) is 0 Å². The molecule has 0 spiro atoms. The number of thiophene rings is 1. The summed E-state index contributed by atoms with van der Waals surface area (Å²) in [7, 11) is 0. The number of amides is 1. The lowest BCUT2D eigenvalue weighted by molar-refractivity contribution is -0.118. The number of benzene rings is 1. The zero-order valence-electron chi connectivity index (χ0n) is 10.3. The second-order valence-electron chi connectivity index (χ2n) is 4.21. The van der Waals surface area contributed by atoms with Crippen molar-refractivity contribution in [1.82, 2.24) is 15.0 Å². The van der Waals surface area contributed by atoms with Crippen molar-refractivity contribution in [1.29, 1.82) is 0 Å². The summed E-state index contributed by atoms with van der Waals surface area (Å²) >= 11 is 1.39. The van der Waals surface area contributed by atoms with E-state index in [1.54, 1.807) is 6.07 Å². The molecular weight excluding hydrogens is 276 g/mol. The van der Waals surface area contributed by atoms with Gasteiger partial charge in [-0.15, -0.1) is 16.4 Å². The van der Waals surface area contributed by atoms with E-state index >= 15 is 0 Å². The van der Waals surface area contributed by atoms with Crippen LogP contribution in [-0.4, -0.2) is 20.9 Å². The SMILES string of the molecule is NC(=O)Cn1nnc2sc(-c3ccccc3)cc2c1=O. The summed E-state index contributed by atoms with van der Waals surface area (Å²) in [5.74, 6) is -0.626. The minimum Gasteiger partial charge on any atom is -0.368 e. The molecule has 1 aromatic carbocycles. The molecule has 1 amide bonds. The summed E-state index contributed by atoms with van der Waals surface area (Å²) < 4.78 is 0.978. The smallest absolute Gasteiger partial charge is 0.279 e. The first-order valence-corrected chi connectivity index (χ1v) is 6.68. The lowest BCUT2D eigenvalue weighted by Gasteiger charge is -1.98. The average molecular weight is 286 g/mol. The zero-order chi connectivity index (χ0) is 14.1. The molecule has 0 saturated carbocycles. The molecule has 20 heavy (non-hydrogen) atoms. The van der Waals surface area contributed by atoms with Crippen LogP contribution in [0.4, 0.5) is 0 Å². The Bertz CT molecular complexity index is 838. The molecule has 0 radical (unpaired) electrons. The maximum Gasteiger partial charge on any atom is 0.279 e. The summed E-state index contributed by atoms with van der Waals surface area (Å²) in [6.45, 7) is -0.266. The molecule has 0 atom stereocenters. The summed E-state index contributed by atoms with van der Waals surface area (Å²) in [6, 6.07) is 11.5. The number of carbonyl (C=O) groups excluding carboxylic acids is 1. The summed E-state index contributed by atoms with van der Waals surface area (Å²) in [4.78, 5) is 24.5. The second kappa shape index (κ2) is 4.86. The van der Waals surface area contributed by atoms with Gasteiger partial charge in [0.2, 0.25) is 5.91 Å². The molecule has 0 aliphatic carbocycles. The fourth-order valence-electron chi connectivity index (χ4n) is 1.88. The van der Waals surface area contributed by atoms with Gasteiger partial charge in [0.05, 0.1) is 5.39 Å². The fourth-order valence-corrected chi connectivity index (χ4v) is 2.85. The molecule has 0 unspecified atom stereocenters. The van der Waals surface area contributed by atoms with Gasteiger partial charge in [0.25, 0.3) is 5.56 Å². The van der Waals surface area contributed by atoms with Gasteiger partial charge < -0.3 is 5.73 Å². The molecule has 0 aliphatic rings. The Balaban J connectivity index is 2.15. The first kappa shape index (κ1) is 12.5. The van der Waals surface area contributed by atoms with Crippen LogP contribution in [-0.2, 0) is 11.3 Å². The minimum atomic E-state index is -0.626. The number of nitrogens with zero attached hydrogens (tertiary/aromatic N) is 3. The van der Waals surface area contributed by atoms with E-state index in [9.17, 15) is 9.59 Å². The van der Waals surface area contributed by atoms with Crippen LogP contribution in [0.25, 0.3) is 20.7 Å². The van der Waals surface area contributed by atoms with Crippen LogP contribution < -0.4 is 11.3 Å². The Hall–Kier alpha value is -2.54. The Labute approximate surface area is 117 Å². The van der Waals surface area contributed by atoms with Gasteiger partial charge in [-0.1, -0.05) is 35.5 Å². The van der Waals surface area contributed by atoms with Gasteiger partial charge in [0, 0.05) is 4.88 Å². The lowest BCUT2D eigenvalue weighted by Crippen LogP contribution is -2.30.